The van der Waals surface area contributed by atoms with E-state index in [-0.39, 0.29) is 5.75 Å². The number of methoxy groups -OCH3 is 4. The average molecular weight is 378 g/mol. The Morgan fingerprint density at radius 2 is 1.42 bits per heavy atom. The summed E-state index contributed by atoms with van der Waals surface area (Å²) in [6.07, 6.45) is 1.50. The molecule has 0 saturated carbocycles. The van der Waals surface area contributed by atoms with Crippen LogP contribution in [0.1, 0.15) is 11.1 Å². The van der Waals surface area contributed by atoms with Crippen LogP contribution in [0.5, 0.6) is 23.0 Å². The quantitative estimate of drug-likeness (QED) is 0.702. The third-order valence-electron chi connectivity index (χ3n) is 3.68. The van der Waals surface area contributed by atoms with Gasteiger partial charge in [0.15, 0.2) is 21.3 Å². The fourth-order valence-electron chi connectivity index (χ4n) is 2.38. The summed E-state index contributed by atoms with van der Waals surface area (Å²) >= 11 is 0. The molecule has 0 aliphatic carbocycles. The Morgan fingerprint density at radius 1 is 0.846 bits per heavy atom. The van der Waals surface area contributed by atoms with Crippen LogP contribution in [-0.2, 0) is 15.6 Å². The van der Waals surface area contributed by atoms with Gasteiger partial charge in [0.25, 0.3) is 0 Å². The number of sulfone groups is 1. The average Bonchev–Trinajstić information content (AvgIpc) is 2.65. The van der Waals surface area contributed by atoms with Crippen LogP contribution in [-0.4, -0.2) is 36.9 Å². The Balaban J connectivity index is 2.23. The highest BCUT2D eigenvalue weighted by Gasteiger charge is 2.13. The van der Waals surface area contributed by atoms with E-state index in [1.807, 2.05) is 0 Å². The molecular formula is C19H22O6S. The summed E-state index contributed by atoms with van der Waals surface area (Å²) in [5.74, 6) is 1.95. The van der Waals surface area contributed by atoms with Crippen molar-refractivity contribution in [3.8, 4) is 23.0 Å². The van der Waals surface area contributed by atoms with E-state index in [4.69, 9.17) is 18.9 Å². The van der Waals surface area contributed by atoms with E-state index < -0.39 is 9.84 Å². The molecule has 0 radical (unpaired) electrons. The predicted octanol–water partition coefficient (Wildman–Crippen LogP) is 3.31. The molecule has 0 unspecified atom stereocenters. The molecule has 0 atom stereocenters. The van der Waals surface area contributed by atoms with Crippen LogP contribution in [0, 0.1) is 0 Å². The molecule has 0 aliphatic rings. The number of hydrogen-bond donors (Lipinski definition) is 0. The summed E-state index contributed by atoms with van der Waals surface area (Å²) < 4.78 is 45.6. The zero-order chi connectivity index (χ0) is 19.2. The van der Waals surface area contributed by atoms with E-state index in [0.717, 1.165) is 0 Å². The second-order valence-electron chi connectivity index (χ2n) is 5.42. The van der Waals surface area contributed by atoms with Gasteiger partial charge < -0.3 is 18.9 Å². The van der Waals surface area contributed by atoms with Crippen molar-refractivity contribution < 1.29 is 27.4 Å². The second-order valence-corrected chi connectivity index (χ2v) is 7.30. The van der Waals surface area contributed by atoms with Gasteiger partial charge in [0.1, 0.15) is 5.75 Å². The van der Waals surface area contributed by atoms with E-state index >= 15 is 0 Å². The molecular weight excluding hydrogens is 356 g/mol. The highest BCUT2D eigenvalue weighted by Crippen LogP contribution is 2.38. The lowest BCUT2D eigenvalue weighted by Crippen LogP contribution is -2.00. The molecule has 0 bridgehead atoms. The van der Waals surface area contributed by atoms with Crippen LogP contribution in [0.25, 0.3) is 6.08 Å². The lowest BCUT2D eigenvalue weighted by molar-refractivity contribution is 0.324. The Morgan fingerprint density at radius 3 is 1.88 bits per heavy atom. The van der Waals surface area contributed by atoms with Gasteiger partial charge in [-0.15, -0.1) is 0 Å². The molecule has 0 aliphatic heterocycles. The van der Waals surface area contributed by atoms with E-state index in [9.17, 15) is 8.42 Å². The van der Waals surface area contributed by atoms with Crippen molar-refractivity contribution in [2.75, 3.05) is 28.4 Å². The minimum absolute atomic E-state index is 0.0993. The highest BCUT2D eigenvalue weighted by molar-refractivity contribution is 7.93. The molecule has 7 heteroatoms. The molecule has 0 saturated heterocycles. The van der Waals surface area contributed by atoms with Crippen molar-refractivity contribution in [1.29, 1.82) is 0 Å². The van der Waals surface area contributed by atoms with Crippen molar-refractivity contribution in [1.82, 2.24) is 0 Å². The fourth-order valence-corrected chi connectivity index (χ4v) is 3.50. The fraction of sp³-hybridized carbons (Fsp3) is 0.263. The monoisotopic (exact) mass is 378 g/mol. The van der Waals surface area contributed by atoms with Crippen LogP contribution in [0.15, 0.2) is 41.8 Å². The summed E-state index contributed by atoms with van der Waals surface area (Å²) in [7, 11) is 2.64. The van der Waals surface area contributed by atoms with E-state index in [0.29, 0.717) is 34.1 Å². The van der Waals surface area contributed by atoms with Crippen LogP contribution in [0.4, 0.5) is 0 Å². The van der Waals surface area contributed by atoms with Crippen molar-refractivity contribution in [2.45, 2.75) is 5.75 Å². The smallest absolute Gasteiger partial charge is 0.203 e. The standard InChI is InChI=1S/C19H22O6S/c1-22-16-7-5-14(6-8-16)13-26(20,21)10-9-15-11-17(23-2)19(25-4)18(12-15)24-3/h5-12H,13H2,1-4H3/b10-9+. The Labute approximate surface area is 153 Å². The minimum Gasteiger partial charge on any atom is -0.497 e. The van der Waals surface area contributed by atoms with Crippen molar-refractivity contribution in [3.05, 3.63) is 52.9 Å². The number of ether oxygens (including phenoxy) is 4. The van der Waals surface area contributed by atoms with Gasteiger partial charge in [0.2, 0.25) is 5.75 Å². The zero-order valence-corrected chi connectivity index (χ0v) is 16.0. The molecule has 2 rings (SSSR count). The van der Waals surface area contributed by atoms with Crippen LogP contribution >= 0.6 is 0 Å². The van der Waals surface area contributed by atoms with Gasteiger partial charge >= 0.3 is 0 Å². The number of hydrogen-bond acceptors (Lipinski definition) is 6. The maximum Gasteiger partial charge on any atom is 0.203 e. The van der Waals surface area contributed by atoms with Gasteiger partial charge in [0.05, 0.1) is 34.2 Å². The van der Waals surface area contributed by atoms with Crippen molar-refractivity contribution >= 4 is 15.9 Å². The molecule has 2 aromatic rings. The maximum absolute atomic E-state index is 12.4. The van der Waals surface area contributed by atoms with Crippen molar-refractivity contribution in [3.63, 3.8) is 0 Å². The minimum atomic E-state index is -3.44. The Hall–Kier alpha value is -2.67. The van der Waals surface area contributed by atoms with Crippen molar-refractivity contribution in [2.24, 2.45) is 0 Å². The Kier molecular flexibility index (Phi) is 6.52. The van der Waals surface area contributed by atoms with E-state index in [2.05, 4.69) is 0 Å². The van der Waals surface area contributed by atoms with E-state index in [1.54, 1.807) is 43.5 Å². The first-order chi connectivity index (χ1) is 12.4. The highest BCUT2D eigenvalue weighted by atomic mass is 32.2. The Bertz CT molecular complexity index is 844. The summed E-state index contributed by atoms with van der Waals surface area (Å²) in [6.45, 7) is 0. The summed E-state index contributed by atoms with van der Waals surface area (Å²) in [5, 5.41) is 1.18. The molecule has 0 spiro atoms. The first-order valence-electron chi connectivity index (χ1n) is 7.76. The molecule has 0 amide bonds. The van der Waals surface area contributed by atoms with Gasteiger partial charge in [-0.2, -0.15) is 0 Å². The third kappa shape index (κ3) is 4.92. The molecule has 0 aromatic heterocycles. The van der Waals surface area contributed by atoms with Gasteiger partial charge in [0, 0.05) is 5.41 Å². The van der Waals surface area contributed by atoms with Crippen LogP contribution in [0.3, 0.4) is 0 Å². The summed E-state index contributed by atoms with van der Waals surface area (Å²) in [6, 6.07) is 10.3. The number of rotatable bonds is 8. The predicted molar refractivity (Wildman–Crippen MR) is 101 cm³/mol. The summed E-state index contributed by atoms with van der Waals surface area (Å²) in [5.41, 5.74) is 1.30. The van der Waals surface area contributed by atoms with E-state index in [1.165, 1.54) is 32.8 Å². The molecule has 0 fully saturated rings. The second kappa shape index (κ2) is 8.62. The largest absolute Gasteiger partial charge is 0.497 e. The third-order valence-corrected chi connectivity index (χ3v) is 4.97. The molecule has 140 valence electrons. The lowest BCUT2D eigenvalue weighted by Gasteiger charge is -2.12. The molecule has 26 heavy (non-hydrogen) atoms. The lowest BCUT2D eigenvalue weighted by atomic mass is 10.2. The molecule has 0 heterocycles. The number of benzene rings is 2. The topological polar surface area (TPSA) is 71.1 Å². The summed E-state index contributed by atoms with van der Waals surface area (Å²) in [4.78, 5) is 0. The first-order valence-corrected chi connectivity index (χ1v) is 9.47. The molecule has 0 N–H and O–H groups in total. The van der Waals surface area contributed by atoms with Gasteiger partial charge in [-0.25, -0.2) is 8.42 Å². The zero-order valence-electron chi connectivity index (χ0n) is 15.2. The van der Waals surface area contributed by atoms with Gasteiger partial charge in [-0.05, 0) is 41.5 Å². The van der Waals surface area contributed by atoms with Gasteiger partial charge in [-0.3, -0.25) is 0 Å². The van der Waals surface area contributed by atoms with Crippen LogP contribution < -0.4 is 18.9 Å². The molecule has 6 nitrogen and oxygen atoms in total. The normalized spacial score (nSPS) is 11.4. The SMILES string of the molecule is COc1ccc(CS(=O)(=O)/C=C/c2cc(OC)c(OC)c(OC)c2)cc1. The first kappa shape index (κ1) is 19.7. The van der Waals surface area contributed by atoms with Crippen LogP contribution in [0.2, 0.25) is 0 Å². The molecule has 2 aromatic carbocycles. The maximum atomic E-state index is 12.4. The van der Waals surface area contributed by atoms with Gasteiger partial charge in [-0.1, -0.05) is 12.1 Å².